The lowest BCUT2D eigenvalue weighted by Gasteiger charge is -2.18. The summed E-state index contributed by atoms with van der Waals surface area (Å²) in [5.74, 6) is 1.61. The summed E-state index contributed by atoms with van der Waals surface area (Å²) in [5, 5.41) is 0. The summed E-state index contributed by atoms with van der Waals surface area (Å²) in [6.45, 7) is 13.7. The summed E-state index contributed by atoms with van der Waals surface area (Å²) in [7, 11) is 0. The number of esters is 3. The largest absolute Gasteiger partial charge is 0.462 e. The fraction of sp³-hybridized carbons (Fsp3) is 0.939. The van der Waals surface area contributed by atoms with Gasteiger partial charge in [0.15, 0.2) is 6.10 Å². The number of hydrogen-bond donors (Lipinski definition) is 0. The minimum Gasteiger partial charge on any atom is -0.462 e. The quantitative estimate of drug-likeness (QED) is 0.0349. The molecule has 0 saturated heterocycles. The van der Waals surface area contributed by atoms with E-state index in [9.17, 15) is 14.4 Å². The van der Waals surface area contributed by atoms with Crippen LogP contribution in [0.2, 0.25) is 0 Å². The van der Waals surface area contributed by atoms with Crippen LogP contribution in [-0.4, -0.2) is 37.2 Å². The third-order valence-electron chi connectivity index (χ3n) is 11.3. The van der Waals surface area contributed by atoms with E-state index in [2.05, 4.69) is 41.5 Å². The molecule has 0 rings (SSSR count). The van der Waals surface area contributed by atoms with Crippen LogP contribution in [0.5, 0.6) is 0 Å². The maximum Gasteiger partial charge on any atom is 0.306 e. The fourth-order valence-electron chi connectivity index (χ4n) is 7.20. The molecule has 0 aliphatic carbocycles. The average Bonchev–Trinajstić information content (AvgIpc) is 3.15. The molecule has 0 heterocycles. The SMILES string of the molecule is CCC(C)CCCCCCCCCCCCC(=O)OC[C@@H](COC(=O)CCCCCCCCCCC(C)C)OC(=O)CCCCCCCCCCCC(C)C. The van der Waals surface area contributed by atoms with E-state index in [4.69, 9.17) is 14.2 Å². The van der Waals surface area contributed by atoms with Gasteiger partial charge in [-0.3, -0.25) is 14.4 Å². The Morgan fingerprint density at radius 2 is 0.636 bits per heavy atom. The van der Waals surface area contributed by atoms with Crippen LogP contribution in [0.3, 0.4) is 0 Å². The van der Waals surface area contributed by atoms with Gasteiger partial charge in [-0.15, -0.1) is 0 Å². The Bertz CT molecular complexity index is 854. The molecular weight excluding hydrogens is 685 g/mol. The van der Waals surface area contributed by atoms with Crippen LogP contribution >= 0.6 is 0 Å². The van der Waals surface area contributed by atoms with Crippen LogP contribution in [-0.2, 0) is 28.6 Å². The highest BCUT2D eigenvalue weighted by atomic mass is 16.6. The second-order valence-corrected chi connectivity index (χ2v) is 17.9. The average molecular weight is 779 g/mol. The highest BCUT2D eigenvalue weighted by molar-refractivity contribution is 5.71. The molecule has 0 aromatic heterocycles. The first-order chi connectivity index (χ1) is 26.6. The zero-order valence-corrected chi connectivity index (χ0v) is 37.7. The first kappa shape index (κ1) is 53.4. The van der Waals surface area contributed by atoms with Crippen LogP contribution in [0.4, 0.5) is 0 Å². The lowest BCUT2D eigenvalue weighted by molar-refractivity contribution is -0.167. The van der Waals surface area contributed by atoms with Gasteiger partial charge in [-0.25, -0.2) is 0 Å². The zero-order valence-electron chi connectivity index (χ0n) is 37.7. The van der Waals surface area contributed by atoms with E-state index in [0.717, 1.165) is 75.5 Å². The molecule has 0 fully saturated rings. The lowest BCUT2D eigenvalue weighted by Crippen LogP contribution is -2.30. The van der Waals surface area contributed by atoms with Gasteiger partial charge >= 0.3 is 17.9 Å². The molecule has 2 atom stereocenters. The number of ether oxygens (including phenoxy) is 3. The molecule has 0 aliphatic rings. The van der Waals surface area contributed by atoms with Gasteiger partial charge in [0.2, 0.25) is 0 Å². The van der Waals surface area contributed by atoms with Crippen molar-refractivity contribution >= 4 is 17.9 Å². The van der Waals surface area contributed by atoms with Crippen molar-refractivity contribution in [3.63, 3.8) is 0 Å². The van der Waals surface area contributed by atoms with Gasteiger partial charge in [0.25, 0.3) is 0 Å². The van der Waals surface area contributed by atoms with E-state index in [1.165, 1.54) is 141 Å². The van der Waals surface area contributed by atoms with Crippen molar-refractivity contribution in [2.75, 3.05) is 13.2 Å². The van der Waals surface area contributed by atoms with Gasteiger partial charge in [0.1, 0.15) is 13.2 Å². The Morgan fingerprint density at radius 3 is 0.945 bits per heavy atom. The monoisotopic (exact) mass is 779 g/mol. The second kappa shape index (κ2) is 40.6. The van der Waals surface area contributed by atoms with Crippen molar-refractivity contribution in [2.24, 2.45) is 17.8 Å². The topological polar surface area (TPSA) is 78.9 Å². The predicted molar refractivity (Wildman–Crippen MR) is 233 cm³/mol. The normalized spacial score (nSPS) is 12.7. The van der Waals surface area contributed by atoms with Crippen LogP contribution in [0.15, 0.2) is 0 Å². The molecule has 0 saturated carbocycles. The standard InChI is InChI=1S/C49H94O6/c1-7-45(6)37-31-25-19-12-8-9-13-20-26-32-38-47(50)53-41-46(42-54-48(51)39-33-27-21-16-15-18-24-30-36-44(4)5)55-49(52)40-34-28-22-14-10-11-17-23-29-35-43(2)3/h43-46H,7-42H2,1-6H3/t45?,46-/m0/s1. The van der Waals surface area contributed by atoms with Crippen molar-refractivity contribution in [1.82, 2.24) is 0 Å². The van der Waals surface area contributed by atoms with Crippen molar-refractivity contribution in [3.05, 3.63) is 0 Å². The molecule has 0 spiro atoms. The second-order valence-electron chi connectivity index (χ2n) is 17.9. The van der Waals surface area contributed by atoms with E-state index in [1.54, 1.807) is 0 Å². The molecule has 0 N–H and O–H groups in total. The fourth-order valence-corrected chi connectivity index (χ4v) is 7.20. The Morgan fingerprint density at radius 1 is 0.364 bits per heavy atom. The number of carbonyl (C=O) groups is 3. The summed E-state index contributed by atoms with van der Waals surface area (Å²) in [4.78, 5) is 37.8. The molecule has 0 bridgehead atoms. The molecule has 1 unspecified atom stereocenters. The maximum atomic E-state index is 12.7. The molecular formula is C49H94O6. The third-order valence-corrected chi connectivity index (χ3v) is 11.3. The smallest absolute Gasteiger partial charge is 0.306 e. The molecule has 6 heteroatoms. The van der Waals surface area contributed by atoms with Crippen LogP contribution in [0.1, 0.15) is 260 Å². The maximum absolute atomic E-state index is 12.7. The summed E-state index contributed by atoms with van der Waals surface area (Å²) in [6.07, 6.45) is 38.0. The number of rotatable bonds is 42. The molecule has 0 radical (unpaired) electrons. The van der Waals surface area contributed by atoms with E-state index in [1.807, 2.05) is 0 Å². The number of hydrogen-bond acceptors (Lipinski definition) is 6. The summed E-state index contributed by atoms with van der Waals surface area (Å²) in [5.41, 5.74) is 0. The Labute approximate surface area is 342 Å². The van der Waals surface area contributed by atoms with Crippen molar-refractivity contribution in [2.45, 2.75) is 266 Å². The molecule has 326 valence electrons. The first-order valence-corrected chi connectivity index (χ1v) is 24.1. The molecule has 55 heavy (non-hydrogen) atoms. The van der Waals surface area contributed by atoms with Crippen LogP contribution in [0, 0.1) is 17.8 Å². The van der Waals surface area contributed by atoms with Crippen molar-refractivity contribution in [3.8, 4) is 0 Å². The zero-order chi connectivity index (χ0) is 40.6. The summed E-state index contributed by atoms with van der Waals surface area (Å²) >= 11 is 0. The lowest BCUT2D eigenvalue weighted by atomic mass is 9.99. The third kappa shape index (κ3) is 41.9. The van der Waals surface area contributed by atoms with E-state index in [-0.39, 0.29) is 31.1 Å². The Kier molecular flexibility index (Phi) is 39.4. The molecule has 6 nitrogen and oxygen atoms in total. The van der Waals surface area contributed by atoms with Gasteiger partial charge in [-0.1, -0.05) is 221 Å². The summed E-state index contributed by atoms with van der Waals surface area (Å²) < 4.78 is 16.8. The van der Waals surface area contributed by atoms with Crippen molar-refractivity contribution < 1.29 is 28.6 Å². The minimum absolute atomic E-state index is 0.0659. The van der Waals surface area contributed by atoms with E-state index in [0.29, 0.717) is 19.3 Å². The number of carbonyl (C=O) groups excluding carboxylic acids is 3. The number of unbranched alkanes of at least 4 members (excludes halogenated alkanes) is 24. The minimum atomic E-state index is -0.762. The van der Waals surface area contributed by atoms with Crippen molar-refractivity contribution in [1.29, 1.82) is 0 Å². The molecule has 0 amide bonds. The molecule has 0 aliphatic heterocycles. The van der Waals surface area contributed by atoms with Gasteiger partial charge in [-0.05, 0) is 37.0 Å². The van der Waals surface area contributed by atoms with Crippen LogP contribution in [0.25, 0.3) is 0 Å². The highest BCUT2D eigenvalue weighted by Gasteiger charge is 2.19. The summed E-state index contributed by atoms with van der Waals surface area (Å²) in [6, 6.07) is 0. The van der Waals surface area contributed by atoms with Gasteiger partial charge < -0.3 is 14.2 Å². The van der Waals surface area contributed by atoms with E-state index < -0.39 is 6.10 Å². The molecule has 0 aromatic carbocycles. The predicted octanol–water partition coefficient (Wildman–Crippen LogP) is 15.2. The van der Waals surface area contributed by atoms with Gasteiger partial charge in [0.05, 0.1) is 0 Å². The highest BCUT2D eigenvalue weighted by Crippen LogP contribution is 2.17. The van der Waals surface area contributed by atoms with Gasteiger partial charge in [0, 0.05) is 19.3 Å². The van der Waals surface area contributed by atoms with Crippen LogP contribution < -0.4 is 0 Å². The Hall–Kier alpha value is -1.59. The van der Waals surface area contributed by atoms with Gasteiger partial charge in [-0.2, -0.15) is 0 Å². The Balaban J connectivity index is 4.34. The molecule has 0 aromatic rings. The van der Waals surface area contributed by atoms with E-state index >= 15 is 0 Å². The first-order valence-electron chi connectivity index (χ1n) is 24.1.